The van der Waals surface area contributed by atoms with Crippen LogP contribution in [0.15, 0.2) is 48.8 Å². The minimum Gasteiger partial charge on any atom is -0.497 e. The minimum absolute atomic E-state index is 0.396. The number of imidazole rings is 1. The van der Waals surface area contributed by atoms with Crippen molar-refractivity contribution in [3.63, 3.8) is 0 Å². The zero-order valence-corrected chi connectivity index (χ0v) is 11.1. The Labute approximate surface area is 116 Å². The van der Waals surface area contributed by atoms with E-state index in [1.807, 2.05) is 53.2 Å². The first kappa shape index (κ1) is 12.3. The summed E-state index contributed by atoms with van der Waals surface area (Å²) in [5, 5.41) is 0. The van der Waals surface area contributed by atoms with E-state index in [1.165, 1.54) is 0 Å². The molecule has 3 aromatic rings. The maximum atomic E-state index is 5.87. The quantitative estimate of drug-likeness (QED) is 0.790. The normalized spacial score (nSPS) is 10.7. The molecule has 2 N–H and O–H groups in total. The third-order valence-electron chi connectivity index (χ3n) is 3.01. The molecule has 0 saturated heterocycles. The summed E-state index contributed by atoms with van der Waals surface area (Å²) in [6.07, 6.45) is 3.82. The molecule has 0 bridgehead atoms. The SMILES string of the molecule is COc1ccc(OCc2cn3cccc(N)c3n2)cc1. The van der Waals surface area contributed by atoms with E-state index in [-0.39, 0.29) is 0 Å². The van der Waals surface area contributed by atoms with E-state index in [0.29, 0.717) is 12.3 Å². The molecular weight excluding hydrogens is 254 g/mol. The first-order chi connectivity index (χ1) is 9.76. The molecule has 0 radical (unpaired) electrons. The number of hydrogen-bond acceptors (Lipinski definition) is 4. The summed E-state index contributed by atoms with van der Waals surface area (Å²) < 4.78 is 12.7. The van der Waals surface area contributed by atoms with E-state index < -0.39 is 0 Å². The molecule has 1 aromatic carbocycles. The highest BCUT2D eigenvalue weighted by Crippen LogP contribution is 2.19. The number of methoxy groups -OCH3 is 1. The summed E-state index contributed by atoms with van der Waals surface area (Å²) in [5.74, 6) is 1.58. The van der Waals surface area contributed by atoms with Crippen LogP contribution in [0.1, 0.15) is 5.69 Å². The lowest BCUT2D eigenvalue weighted by molar-refractivity contribution is 0.301. The fourth-order valence-corrected chi connectivity index (χ4v) is 1.98. The molecule has 0 unspecified atom stereocenters. The number of rotatable bonds is 4. The fourth-order valence-electron chi connectivity index (χ4n) is 1.98. The van der Waals surface area contributed by atoms with E-state index in [2.05, 4.69) is 4.98 Å². The molecule has 0 atom stereocenters. The number of nitrogen functional groups attached to an aromatic ring is 1. The largest absolute Gasteiger partial charge is 0.497 e. The first-order valence-corrected chi connectivity index (χ1v) is 6.25. The Kier molecular flexibility index (Phi) is 3.16. The van der Waals surface area contributed by atoms with Crippen LogP contribution >= 0.6 is 0 Å². The van der Waals surface area contributed by atoms with Gasteiger partial charge in [0.15, 0.2) is 5.65 Å². The van der Waals surface area contributed by atoms with Crippen molar-refractivity contribution < 1.29 is 9.47 Å². The van der Waals surface area contributed by atoms with Crippen LogP contribution in [0, 0.1) is 0 Å². The third-order valence-corrected chi connectivity index (χ3v) is 3.01. The molecule has 5 heteroatoms. The summed E-state index contributed by atoms with van der Waals surface area (Å²) >= 11 is 0. The molecular formula is C15H15N3O2. The Hall–Kier alpha value is -2.69. The molecule has 2 heterocycles. The summed E-state index contributed by atoms with van der Waals surface area (Å²) in [7, 11) is 1.64. The highest BCUT2D eigenvalue weighted by atomic mass is 16.5. The summed E-state index contributed by atoms with van der Waals surface area (Å²) in [5.41, 5.74) is 8.11. The molecule has 0 fully saturated rings. The fraction of sp³-hybridized carbons (Fsp3) is 0.133. The zero-order valence-electron chi connectivity index (χ0n) is 11.1. The lowest BCUT2D eigenvalue weighted by atomic mass is 10.3. The highest BCUT2D eigenvalue weighted by Gasteiger charge is 2.05. The predicted octanol–water partition coefficient (Wildman–Crippen LogP) is 2.50. The van der Waals surface area contributed by atoms with Gasteiger partial charge in [0, 0.05) is 12.4 Å². The molecule has 0 aliphatic heterocycles. The van der Waals surface area contributed by atoms with Gasteiger partial charge in [-0.05, 0) is 36.4 Å². The van der Waals surface area contributed by atoms with E-state index in [1.54, 1.807) is 7.11 Å². The van der Waals surface area contributed by atoms with Crippen molar-refractivity contribution in [3.8, 4) is 11.5 Å². The second-order valence-electron chi connectivity index (χ2n) is 4.39. The van der Waals surface area contributed by atoms with Gasteiger partial charge >= 0.3 is 0 Å². The maximum Gasteiger partial charge on any atom is 0.160 e. The van der Waals surface area contributed by atoms with Crippen molar-refractivity contribution in [3.05, 3.63) is 54.5 Å². The van der Waals surface area contributed by atoms with Gasteiger partial charge in [0.25, 0.3) is 0 Å². The molecule has 0 spiro atoms. The van der Waals surface area contributed by atoms with Gasteiger partial charge in [-0.15, -0.1) is 0 Å². The first-order valence-electron chi connectivity index (χ1n) is 6.25. The van der Waals surface area contributed by atoms with Crippen molar-refractivity contribution in [1.29, 1.82) is 0 Å². The molecule has 0 aliphatic rings. The Bertz CT molecular complexity index is 720. The lowest BCUT2D eigenvalue weighted by Crippen LogP contribution is -1.95. The second kappa shape index (κ2) is 5.13. The Balaban J connectivity index is 1.74. The highest BCUT2D eigenvalue weighted by molar-refractivity contribution is 5.64. The third kappa shape index (κ3) is 2.38. The second-order valence-corrected chi connectivity index (χ2v) is 4.39. The van der Waals surface area contributed by atoms with E-state index in [0.717, 1.165) is 22.8 Å². The van der Waals surface area contributed by atoms with Gasteiger partial charge in [0.05, 0.1) is 18.5 Å². The van der Waals surface area contributed by atoms with Crippen molar-refractivity contribution in [2.24, 2.45) is 0 Å². The van der Waals surface area contributed by atoms with Gasteiger partial charge in [-0.1, -0.05) is 0 Å². The molecule has 0 aliphatic carbocycles. The molecule has 102 valence electrons. The number of aromatic nitrogens is 2. The van der Waals surface area contributed by atoms with Crippen LogP contribution in [-0.4, -0.2) is 16.5 Å². The van der Waals surface area contributed by atoms with E-state index in [9.17, 15) is 0 Å². The Morgan fingerprint density at radius 1 is 1.15 bits per heavy atom. The van der Waals surface area contributed by atoms with Crippen LogP contribution in [0.4, 0.5) is 5.69 Å². The lowest BCUT2D eigenvalue weighted by Gasteiger charge is -2.04. The van der Waals surface area contributed by atoms with Crippen LogP contribution in [0.2, 0.25) is 0 Å². The number of anilines is 1. The van der Waals surface area contributed by atoms with Gasteiger partial charge < -0.3 is 19.6 Å². The van der Waals surface area contributed by atoms with Crippen molar-refractivity contribution in [2.45, 2.75) is 6.61 Å². The average Bonchev–Trinajstić information content (AvgIpc) is 2.90. The summed E-state index contributed by atoms with van der Waals surface area (Å²) in [6.45, 7) is 0.396. The average molecular weight is 269 g/mol. The summed E-state index contributed by atoms with van der Waals surface area (Å²) in [6, 6.07) is 11.2. The predicted molar refractivity (Wildman–Crippen MR) is 76.9 cm³/mol. The van der Waals surface area contributed by atoms with Gasteiger partial charge in [0.2, 0.25) is 0 Å². The number of pyridine rings is 1. The van der Waals surface area contributed by atoms with Crippen LogP contribution in [-0.2, 0) is 6.61 Å². The van der Waals surface area contributed by atoms with E-state index in [4.69, 9.17) is 15.2 Å². The number of nitrogens with two attached hydrogens (primary N) is 1. The van der Waals surface area contributed by atoms with Gasteiger partial charge in [-0.3, -0.25) is 0 Å². The van der Waals surface area contributed by atoms with Gasteiger partial charge in [-0.2, -0.15) is 0 Å². The number of benzene rings is 1. The van der Waals surface area contributed by atoms with Crippen molar-refractivity contribution in [2.75, 3.05) is 12.8 Å². The molecule has 2 aromatic heterocycles. The van der Waals surface area contributed by atoms with E-state index >= 15 is 0 Å². The smallest absolute Gasteiger partial charge is 0.160 e. The number of nitrogens with zero attached hydrogens (tertiary/aromatic N) is 2. The number of fused-ring (bicyclic) bond motifs is 1. The molecule has 0 saturated carbocycles. The standard InChI is InChI=1S/C15H15N3O2/c1-19-12-4-6-13(7-5-12)20-10-11-9-18-8-2-3-14(16)15(18)17-11/h2-9H,10,16H2,1H3. The van der Waals surface area contributed by atoms with Gasteiger partial charge in [0.1, 0.15) is 18.1 Å². The molecule has 20 heavy (non-hydrogen) atoms. The maximum absolute atomic E-state index is 5.87. The molecule has 0 amide bonds. The molecule has 5 nitrogen and oxygen atoms in total. The Morgan fingerprint density at radius 2 is 1.90 bits per heavy atom. The Morgan fingerprint density at radius 3 is 2.60 bits per heavy atom. The van der Waals surface area contributed by atoms with Gasteiger partial charge in [-0.25, -0.2) is 4.98 Å². The number of ether oxygens (including phenoxy) is 2. The van der Waals surface area contributed by atoms with Crippen LogP contribution < -0.4 is 15.2 Å². The molecule has 3 rings (SSSR count). The summed E-state index contributed by atoms with van der Waals surface area (Å²) in [4.78, 5) is 4.45. The topological polar surface area (TPSA) is 61.8 Å². The minimum atomic E-state index is 0.396. The zero-order chi connectivity index (χ0) is 13.9. The van der Waals surface area contributed by atoms with Crippen LogP contribution in [0.3, 0.4) is 0 Å². The van der Waals surface area contributed by atoms with Crippen LogP contribution in [0.5, 0.6) is 11.5 Å². The van der Waals surface area contributed by atoms with Crippen LogP contribution in [0.25, 0.3) is 5.65 Å². The number of hydrogen-bond donors (Lipinski definition) is 1. The van der Waals surface area contributed by atoms with Crippen molar-refractivity contribution >= 4 is 11.3 Å². The van der Waals surface area contributed by atoms with Crippen molar-refractivity contribution in [1.82, 2.24) is 9.38 Å². The monoisotopic (exact) mass is 269 g/mol.